The summed E-state index contributed by atoms with van der Waals surface area (Å²) in [7, 11) is 2.11. The molecule has 0 radical (unpaired) electrons. The molecule has 1 aliphatic heterocycles. The van der Waals surface area contributed by atoms with Crippen LogP contribution in [0.3, 0.4) is 0 Å². The van der Waals surface area contributed by atoms with Crippen molar-refractivity contribution in [3.05, 3.63) is 0 Å². The quantitative estimate of drug-likeness (QED) is 0.493. The van der Waals surface area contributed by atoms with Crippen LogP contribution in [0.4, 0.5) is 0 Å². The van der Waals surface area contributed by atoms with Gasteiger partial charge in [-0.3, -0.25) is 0 Å². The molecule has 48 valence electrons. The summed E-state index contributed by atoms with van der Waals surface area (Å²) in [6.07, 6.45) is 0.556. The maximum Gasteiger partial charge on any atom is 0.0936 e. The molecule has 2 heteroatoms. The summed E-state index contributed by atoms with van der Waals surface area (Å²) in [5, 5.41) is 0. The lowest BCUT2D eigenvalue weighted by Crippen LogP contribution is -2.22. The summed E-state index contributed by atoms with van der Waals surface area (Å²) in [5.74, 6) is 0. The van der Waals surface area contributed by atoms with Crippen LogP contribution < -0.4 is 0 Å². The number of ether oxygens (including phenoxy) is 1. The van der Waals surface area contributed by atoms with Gasteiger partial charge in [-0.05, 0) is 13.6 Å². The number of nitrogens with zero attached hydrogens (tertiary/aromatic N) is 1. The van der Waals surface area contributed by atoms with E-state index in [4.69, 9.17) is 4.74 Å². The van der Waals surface area contributed by atoms with Crippen molar-refractivity contribution < 1.29 is 4.74 Å². The molecule has 0 unspecified atom stereocenters. The van der Waals surface area contributed by atoms with Crippen LogP contribution in [0.5, 0.6) is 0 Å². The summed E-state index contributed by atoms with van der Waals surface area (Å²) in [5.41, 5.74) is 0. The highest BCUT2D eigenvalue weighted by Gasteiger charge is 2.22. The van der Waals surface area contributed by atoms with E-state index in [0.29, 0.717) is 6.10 Å². The highest BCUT2D eigenvalue weighted by molar-refractivity contribution is 4.71. The van der Waals surface area contributed by atoms with E-state index in [0.717, 1.165) is 19.7 Å². The zero-order valence-corrected chi connectivity index (χ0v) is 5.55. The molecule has 1 fully saturated rings. The monoisotopic (exact) mass is 115 g/mol. The van der Waals surface area contributed by atoms with Crippen LogP contribution >= 0.6 is 0 Å². The van der Waals surface area contributed by atoms with Gasteiger partial charge in [-0.25, -0.2) is 0 Å². The topological polar surface area (TPSA) is 15.8 Å². The lowest BCUT2D eigenvalue weighted by atomic mass is 10.4. The van der Waals surface area contributed by atoms with E-state index in [-0.39, 0.29) is 0 Å². The third-order valence-corrected chi connectivity index (χ3v) is 1.46. The Labute approximate surface area is 50.4 Å². The molecular weight excluding hydrogens is 102 g/mol. The molecule has 2 nitrogen and oxygen atoms in total. The molecule has 0 aromatic rings. The normalized spacial score (nSPS) is 26.6. The molecule has 1 saturated heterocycles. The van der Waals surface area contributed by atoms with Crippen molar-refractivity contribution in [1.29, 1.82) is 0 Å². The van der Waals surface area contributed by atoms with Crippen LogP contribution in [0.15, 0.2) is 0 Å². The average Bonchev–Trinajstić information content (AvgIpc) is 2.50. The van der Waals surface area contributed by atoms with Gasteiger partial charge >= 0.3 is 0 Å². The number of epoxide rings is 1. The summed E-state index contributed by atoms with van der Waals surface area (Å²) in [6, 6.07) is 0. The molecule has 0 saturated carbocycles. The second-order valence-corrected chi connectivity index (χ2v) is 2.31. The van der Waals surface area contributed by atoms with Crippen molar-refractivity contribution in [2.75, 3.05) is 26.7 Å². The molecule has 1 atom stereocenters. The van der Waals surface area contributed by atoms with Crippen LogP contribution in [-0.4, -0.2) is 37.7 Å². The molecule has 0 bridgehead atoms. The van der Waals surface area contributed by atoms with Crippen molar-refractivity contribution in [3.8, 4) is 0 Å². The Morgan fingerprint density at radius 1 is 1.75 bits per heavy atom. The summed E-state index contributed by atoms with van der Waals surface area (Å²) >= 11 is 0. The lowest BCUT2D eigenvalue weighted by Gasteiger charge is -2.09. The number of hydrogen-bond acceptors (Lipinski definition) is 2. The Bertz CT molecular complexity index is 70.9. The minimum Gasteiger partial charge on any atom is -0.372 e. The molecule has 1 heterocycles. The molecule has 0 N–H and O–H groups in total. The molecule has 0 amide bonds. The fourth-order valence-corrected chi connectivity index (χ4v) is 0.650. The van der Waals surface area contributed by atoms with Gasteiger partial charge in [0, 0.05) is 6.54 Å². The van der Waals surface area contributed by atoms with Crippen molar-refractivity contribution in [3.63, 3.8) is 0 Å². The number of rotatable bonds is 3. The van der Waals surface area contributed by atoms with Gasteiger partial charge in [-0.1, -0.05) is 6.92 Å². The first-order valence-corrected chi connectivity index (χ1v) is 3.13. The van der Waals surface area contributed by atoms with Gasteiger partial charge in [0.15, 0.2) is 0 Å². The van der Waals surface area contributed by atoms with Crippen molar-refractivity contribution in [2.24, 2.45) is 0 Å². The minimum absolute atomic E-state index is 0.556. The zero-order chi connectivity index (χ0) is 5.98. The highest BCUT2D eigenvalue weighted by atomic mass is 16.6. The van der Waals surface area contributed by atoms with E-state index >= 15 is 0 Å². The largest absolute Gasteiger partial charge is 0.372 e. The highest BCUT2D eigenvalue weighted by Crippen LogP contribution is 2.08. The van der Waals surface area contributed by atoms with E-state index in [9.17, 15) is 0 Å². The molecule has 0 aliphatic carbocycles. The molecule has 0 aromatic carbocycles. The maximum atomic E-state index is 5.04. The van der Waals surface area contributed by atoms with Gasteiger partial charge in [-0.15, -0.1) is 0 Å². The van der Waals surface area contributed by atoms with E-state index in [1.165, 1.54) is 0 Å². The standard InChI is InChI=1S/C6H13NO/c1-3-7(2)4-6-5-8-6/h6H,3-5H2,1-2H3/t6-/m1/s1. The smallest absolute Gasteiger partial charge is 0.0936 e. The van der Waals surface area contributed by atoms with Crippen molar-refractivity contribution in [2.45, 2.75) is 13.0 Å². The van der Waals surface area contributed by atoms with Crippen LogP contribution in [0.25, 0.3) is 0 Å². The summed E-state index contributed by atoms with van der Waals surface area (Å²) < 4.78 is 5.04. The van der Waals surface area contributed by atoms with Gasteiger partial charge in [0.05, 0.1) is 12.7 Å². The van der Waals surface area contributed by atoms with Gasteiger partial charge in [-0.2, -0.15) is 0 Å². The van der Waals surface area contributed by atoms with Crippen LogP contribution in [0.2, 0.25) is 0 Å². The Morgan fingerprint density at radius 2 is 2.38 bits per heavy atom. The molecule has 1 aliphatic rings. The predicted octanol–water partition coefficient (Wildman–Crippen LogP) is 0.337. The Morgan fingerprint density at radius 3 is 2.75 bits per heavy atom. The summed E-state index contributed by atoms with van der Waals surface area (Å²) in [4.78, 5) is 2.26. The van der Waals surface area contributed by atoms with Crippen LogP contribution in [-0.2, 0) is 4.74 Å². The minimum atomic E-state index is 0.556. The number of hydrogen-bond donors (Lipinski definition) is 0. The van der Waals surface area contributed by atoms with Gasteiger partial charge in [0.1, 0.15) is 0 Å². The third-order valence-electron chi connectivity index (χ3n) is 1.46. The van der Waals surface area contributed by atoms with Gasteiger partial charge in [0.2, 0.25) is 0 Å². The van der Waals surface area contributed by atoms with E-state index in [1.807, 2.05) is 0 Å². The van der Waals surface area contributed by atoms with E-state index in [2.05, 4.69) is 18.9 Å². The first kappa shape index (κ1) is 6.05. The van der Waals surface area contributed by atoms with E-state index in [1.54, 1.807) is 0 Å². The SMILES string of the molecule is CCN(C)C[C@@H]1CO1. The van der Waals surface area contributed by atoms with Crippen LogP contribution in [0.1, 0.15) is 6.92 Å². The molecule has 1 rings (SSSR count). The maximum absolute atomic E-state index is 5.04. The fraction of sp³-hybridized carbons (Fsp3) is 1.00. The average molecular weight is 115 g/mol. The summed E-state index contributed by atoms with van der Waals surface area (Å²) in [6.45, 7) is 5.36. The van der Waals surface area contributed by atoms with Crippen LogP contribution in [0, 0.1) is 0 Å². The van der Waals surface area contributed by atoms with Crippen molar-refractivity contribution >= 4 is 0 Å². The van der Waals surface area contributed by atoms with Crippen molar-refractivity contribution in [1.82, 2.24) is 4.90 Å². The second-order valence-electron chi connectivity index (χ2n) is 2.31. The molecular formula is C6H13NO. The fourth-order valence-electron chi connectivity index (χ4n) is 0.650. The first-order valence-electron chi connectivity index (χ1n) is 3.13. The van der Waals surface area contributed by atoms with E-state index < -0.39 is 0 Å². The predicted molar refractivity (Wildman–Crippen MR) is 32.9 cm³/mol. The zero-order valence-electron chi connectivity index (χ0n) is 5.55. The second kappa shape index (κ2) is 2.46. The lowest BCUT2D eigenvalue weighted by molar-refractivity contribution is 0.295. The molecule has 0 aromatic heterocycles. The first-order chi connectivity index (χ1) is 3.83. The number of likely N-dealkylation sites (N-methyl/N-ethyl adjacent to an activating group) is 1. The third kappa shape index (κ3) is 1.80. The van der Waals surface area contributed by atoms with Gasteiger partial charge in [0.25, 0.3) is 0 Å². The Balaban J connectivity index is 1.98. The molecule has 0 spiro atoms. The Kier molecular flexibility index (Phi) is 1.86. The molecule has 8 heavy (non-hydrogen) atoms. The Hall–Kier alpha value is -0.0800. The van der Waals surface area contributed by atoms with Gasteiger partial charge < -0.3 is 9.64 Å².